The van der Waals surface area contributed by atoms with Crippen LogP contribution in [0.1, 0.15) is 22.8 Å². The van der Waals surface area contributed by atoms with Gasteiger partial charge in [0, 0.05) is 18.8 Å². The van der Waals surface area contributed by atoms with E-state index in [1.807, 2.05) is 30.3 Å². The van der Waals surface area contributed by atoms with Crippen molar-refractivity contribution in [1.29, 1.82) is 0 Å². The summed E-state index contributed by atoms with van der Waals surface area (Å²) < 4.78 is 0. The van der Waals surface area contributed by atoms with Gasteiger partial charge in [-0.25, -0.2) is 9.78 Å². The van der Waals surface area contributed by atoms with E-state index in [0.717, 1.165) is 5.56 Å². The van der Waals surface area contributed by atoms with Crippen molar-refractivity contribution >= 4 is 40.5 Å². The van der Waals surface area contributed by atoms with Gasteiger partial charge in [0.15, 0.2) is 5.11 Å². The first kappa shape index (κ1) is 19.0. The molecule has 4 N–H and O–H groups in total. The molecule has 0 radical (unpaired) electrons. The molecule has 0 fully saturated rings. The number of nitrogens with zero attached hydrogens (tertiary/aromatic N) is 3. The molecule has 1 aromatic carbocycles. The number of hydrogen-bond acceptors (Lipinski definition) is 6. The van der Waals surface area contributed by atoms with Crippen LogP contribution >= 0.6 is 12.2 Å². The van der Waals surface area contributed by atoms with E-state index in [0.29, 0.717) is 22.4 Å². The highest BCUT2D eigenvalue weighted by Gasteiger charge is 2.09. The van der Waals surface area contributed by atoms with Gasteiger partial charge in [-0.3, -0.25) is 10.9 Å². The summed E-state index contributed by atoms with van der Waals surface area (Å²) in [4.78, 5) is 14.9. The lowest BCUT2D eigenvalue weighted by Gasteiger charge is -2.09. The van der Waals surface area contributed by atoms with E-state index in [-0.39, 0.29) is 5.56 Å². The number of aromatic carboxylic acids is 1. The number of aromatic nitrogens is 1. The van der Waals surface area contributed by atoms with Crippen LogP contribution < -0.4 is 16.2 Å². The molecule has 2 aromatic rings. The molecule has 0 saturated carbocycles. The molecule has 0 amide bonds. The van der Waals surface area contributed by atoms with Crippen LogP contribution in [-0.2, 0) is 0 Å². The second-order valence-corrected chi connectivity index (χ2v) is 5.47. The minimum Gasteiger partial charge on any atom is -0.478 e. The van der Waals surface area contributed by atoms with E-state index in [9.17, 15) is 4.79 Å². The SMILES string of the molecule is CNC(=S)NN=C(C)C(=NNc1ccc(C(=O)O)cn1)c1ccccc1. The minimum atomic E-state index is -1.04. The first-order chi connectivity index (χ1) is 12.5. The van der Waals surface area contributed by atoms with Gasteiger partial charge < -0.3 is 10.4 Å². The number of nitrogens with one attached hydrogen (secondary N) is 3. The average Bonchev–Trinajstić information content (AvgIpc) is 2.67. The second-order valence-electron chi connectivity index (χ2n) is 5.06. The summed E-state index contributed by atoms with van der Waals surface area (Å²) in [6.45, 7) is 1.79. The summed E-state index contributed by atoms with van der Waals surface area (Å²) in [5.41, 5.74) is 7.67. The van der Waals surface area contributed by atoms with Gasteiger partial charge in [-0.15, -0.1) is 0 Å². The third kappa shape index (κ3) is 5.35. The molecular weight excluding hydrogens is 352 g/mol. The van der Waals surface area contributed by atoms with Crippen LogP contribution in [0.3, 0.4) is 0 Å². The Morgan fingerprint density at radius 2 is 1.85 bits per heavy atom. The molecule has 0 unspecified atom stereocenters. The van der Waals surface area contributed by atoms with Crippen LogP contribution in [0.2, 0.25) is 0 Å². The maximum atomic E-state index is 10.9. The van der Waals surface area contributed by atoms with E-state index in [2.05, 4.69) is 31.4 Å². The molecule has 1 heterocycles. The van der Waals surface area contributed by atoms with E-state index in [1.165, 1.54) is 18.3 Å². The number of hydrazone groups is 2. The number of anilines is 1. The van der Waals surface area contributed by atoms with E-state index >= 15 is 0 Å². The number of carboxylic acid groups (broad SMARTS) is 1. The summed E-state index contributed by atoms with van der Waals surface area (Å²) in [5, 5.41) is 20.6. The van der Waals surface area contributed by atoms with Gasteiger partial charge >= 0.3 is 5.97 Å². The summed E-state index contributed by atoms with van der Waals surface area (Å²) in [6, 6.07) is 12.5. The molecular formula is C17H18N6O2S. The van der Waals surface area contributed by atoms with Gasteiger partial charge in [0.1, 0.15) is 11.5 Å². The van der Waals surface area contributed by atoms with Crippen LogP contribution in [0.25, 0.3) is 0 Å². The second kappa shape index (κ2) is 9.23. The summed E-state index contributed by atoms with van der Waals surface area (Å²) in [6.07, 6.45) is 1.26. The maximum absolute atomic E-state index is 10.9. The van der Waals surface area contributed by atoms with Crippen molar-refractivity contribution < 1.29 is 9.90 Å². The molecule has 1 aromatic heterocycles. The molecule has 0 saturated heterocycles. The summed E-state index contributed by atoms with van der Waals surface area (Å²) >= 11 is 5.01. The zero-order valence-corrected chi connectivity index (χ0v) is 15.0. The Hall–Kier alpha value is -3.33. The molecule has 2 rings (SSSR count). The third-order valence-corrected chi connectivity index (χ3v) is 3.53. The smallest absolute Gasteiger partial charge is 0.337 e. The monoisotopic (exact) mass is 370 g/mol. The van der Waals surface area contributed by atoms with Crippen LogP contribution in [0.4, 0.5) is 5.82 Å². The highest BCUT2D eigenvalue weighted by Crippen LogP contribution is 2.08. The number of hydrogen-bond donors (Lipinski definition) is 4. The highest BCUT2D eigenvalue weighted by atomic mass is 32.1. The van der Waals surface area contributed by atoms with Gasteiger partial charge in [0.25, 0.3) is 0 Å². The first-order valence-corrected chi connectivity index (χ1v) is 8.03. The molecule has 8 nitrogen and oxygen atoms in total. The molecule has 0 spiro atoms. The molecule has 134 valence electrons. The van der Waals surface area contributed by atoms with Gasteiger partial charge in [0.05, 0.1) is 11.3 Å². The third-order valence-electron chi connectivity index (χ3n) is 3.23. The zero-order chi connectivity index (χ0) is 18.9. The van der Waals surface area contributed by atoms with Gasteiger partial charge in [-0.1, -0.05) is 30.3 Å². The predicted octanol–water partition coefficient (Wildman–Crippen LogP) is 2.07. The van der Waals surface area contributed by atoms with Gasteiger partial charge in [0.2, 0.25) is 0 Å². The van der Waals surface area contributed by atoms with Crippen LogP contribution in [0.5, 0.6) is 0 Å². The summed E-state index contributed by atoms with van der Waals surface area (Å²) in [5.74, 6) is -0.623. The fourth-order valence-electron chi connectivity index (χ4n) is 1.89. The van der Waals surface area contributed by atoms with E-state index in [1.54, 1.807) is 14.0 Å². The topological polar surface area (TPSA) is 111 Å². The Morgan fingerprint density at radius 3 is 2.42 bits per heavy atom. The fourth-order valence-corrected chi connectivity index (χ4v) is 1.94. The van der Waals surface area contributed by atoms with Crippen molar-refractivity contribution in [3.63, 3.8) is 0 Å². The Bertz CT molecular complexity index is 834. The standard InChI is InChI=1S/C17H18N6O2S/c1-11(20-23-17(26)18-2)15(12-6-4-3-5-7-12)22-21-14-9-8-13(10-19-14)16(24)25/h3-10H,1-2H3,(H,19,21)(H,24,25)(H2,18,23,26). The number of carboxylic acids is 1. The Labute approximate surface area is 156 Å². The quantitative estimate of drug-likeness (QED) is 0.350. The largest absolute Gasteiger partial charge is 0.478 e. The molecule has 0 aliphatic rings. The molecule has 0 aliphatic carbocycles. The number of thiocarbonyl (C=S) groups is 1. The summed E-state index contributed by atoms with van der Waals surface area (Å²) in [7, 11) is 1.69. The van der Waals surface area contributed by atoms with Crippen molar-refractivity contribution in [2.75, 3.05) is 12.5 Å². The van der Waals surface area contributed by atoms with Gasteiger partial charge in [-0.05, 0) is 31.3 Å². The Kier molecular flexibility index (Phi) is 6.75. The van der Waals surface area contributed by atoms with Crippen LogP contribution in [-0.4, -0.2) is 39.6 Å². The van der Waals surface area contributed by atoms with E-state index < -0.39 is 5.97 Å². The Balaban J connectivity index is 2.27. The predicted molar refractivity (Wildman–Crippen MR) is 106 cm³/mol. The van der Waals surface area contributed by atoms with Crippen molar-refractivity contribution in [1.82, 2.24) is 15.7 Å². The van der Waals surface area contributed by atoms with Crippen molar-refractivity contribution in [3.05, 3.63) is 59.8 Å². The number of pyridine rings is 1. The molecule has 0 bridgehead atoms. The zero-order valence-electron chi connectivity index (χ0n) is 14.2. The highest BCUT2D eigenvalue weighted by molar-refractivity contribution is 7.80. The lowest BCUT2D eigenvalue weighted by molar-refractivity contribution is 0.0696. The maximum Gasteiger partial charge on any atom is 0.337 e. The lowest BCUT2D eigenvalue weighted by Crippen LogP contribution is -2.30. The van der Waals surface area contributed by atoms with Crippen LogP contribution in [0, 0.1) is 0 Å². The molecule has 0 aliphatic heterocycles. The van der Waals surface area contributed by atoms with Crippen molar-refractivity contribution in [2.24, 2.45) is 10.2 Å². The molecule has 9 heteroatoms. The normalized spacial score (nSPS) is 11.6. The average molecular weight is 370 g/mol. The van der Waals surface area contributed by atoms with Gasteiger partial charge in [-0.2, -0.15) is 10.2 Å². The lowest BCUT2D eigenvalue weighted by atomic mass is 10.1. The minimum absolute atomic E-state index is 0.102. The van der Waals surface area contributed by atoms with E-state index in [4.69, 9.17) is 17.3 Å². The number of rotatable bonds is 6. The van der Waals surface area contributed by atoms with Crippen molar-refractivity contribution in [3.8, 4) is 0 Å². The first-order valence-electron chi connectivity index (χ1n) is 7.62. The van der Waals surface area contributed by atoms with Crippen molar-refractivity contribution in [2.45, 2.75) is 6.92 Å². The molecule has 26 heavy (non-hydrogen) atoms. The number of carbonyl (C=O) groups is 1. The Morgan fingerprint density at radius 1 is 1.12 bits per heavy atom. The van der Waals surface area contributed by atoms with Crippen LogP contribution in [0.15, 0.2) is 58.9 Å². The number of benzene rings is 1. The fraction of sp³-hybridized carbons (Fsp3) is 0.118. The molecule has 0 atom stereocenters.